The number of hydrogen-bond acceptors (Lipinski definition) is 3. The van der Waals surface area contributed by atoms with E-state index in [4.69, 9.17) is 9.84 Å². The molecule has 5 nitrogen and oxygen atoms in total. The number of methoxy groups -OCH3 is 1. The van der Waals surface area contributed by atoms with Gasteiger partial charge in [0.2, 0.25) is 5.91 Å². The molecule has 2 aliphatic carbocycles. The second kappa shape index (κ2) is 8.51. The van der Waals surface area contributed by atoms with Crippen LogP contribution < -0.4 is 5.32 Å². The molecule has 0 spiro atoms. The lowest BCUT2D eigenvalue weighted by atomic mass is 9.82. The molecule has 2 fully saturated rings. The van der Waals surface area contributed by atoms with Crippen molar-refractivity contribution in [2.75, 3.05) is 7.11 Å². The van der Waals surface area contributed by atoms with E-state index >= 15 is 0 Å². The Bertz CT molecular complexity index is 377. The van der Waals surface area contributed by atoms with Gasteiger partial charge in [-0.3, -0.25) is 9.59 Å². The molecule has 0 aliphatic heterocycles. The fourth-order valence-corrected chi connectivity index (χ4v) is 3.91. The number of hydrogen-bond donors (Lipinski definition) is 2. The summed E-state index contributed by atoms with van der Waals surface area (Å²) in [6.07, 6.45) is 9.27. The van der Waals surface area contributed by atoms with Crippen molar-refractivity contribution < 1.29 is 19.4 Å². The SMILES string of the molecule is COC1CCCCC1C(=O)NC1CCC(CCC(=O)O)CC1. The maximum atomic E-state index is 12.5. The van der Waals surface area contributed by atoms with Crippen LogP contribution in [0.25, 0.3) is 0 Å². The summed E-state index contributed by atoms with van der Waals surface area (Å²) < 4.78 is 5.47. The van der Waals surface area contributed by atoms with Gasteiger partial charge in [-0.1, -0.05) is 12.8 Å². The van der Waals surface area contributed by atoms with Crippen molar-refractivity contribution in [2.45, 2.75) is 76.4 Å². The number of aliphatic carboxylic acids is 1. The molecule has 2 atom stereocenters. The number of ether oxygens (including phenoxy) is 1. The summed E-state index contributed by atoms with van der Waals surface area (Å²) in [5, 5.41) is 11.9. The van der Waals surface area contributed by atoms with Crippen LogP contribution in [-0.4, -0.2) is 36.2 Å². The number of amides is 1. The van der Waals surface area contributed by atoms with Crippen molar-refractivity contribution in [2.24, 2.45) is 11.8 Å². The average Bonchev–Trinajstić information content (AvgIpc) is 2.54. The molecule has 5 heteroatoms. The lowest BCUT2D eigenvalue weighted by Gasteiger charge is -2.33. The van der Waals surface area contributed by atoms with Crippen LogP contribution in [0.5, 0.6) is 0 Å². The first kappa shape index (κ1) is 17.3. The molecule has 0 aromatic rings. The van der Waals surface area contributed by atoms with Gasteiger partial charge in [-0.25, -0.2) is 0 Å². The fraction of sp³-hybridized carbons (Fsp3) is 0.882. The van der Waals surface area contributed by atoms with Crippen LogP contribution in [-0.2, 0) is 14.3 Å². The van der Waals surface area contributed by atoms with E-state index in [1.165, 1.54) is 0 Å². The Balaban J connectivity index is 1.73. The zero-order valence-corrected chi connectivity index (χ0v) is 13.6. The summed E-state index contributed by atoms with van der Waals surface area (Å²) in [6, 6.07) is 0.257. The molecule has 0 bridgehead atoms. The van der Waals surface area contributed by atoms with E-state index in [0.29, 0.717) is 5.92 Å². The Morgan fingerprint density at radius 1 is 1.09 bits per heavy atom. The molecule has 0 aromatic carbocycles. The summed E-state index contributed by atoms with van der Waals surface area (Å²) in [4.78, 5) is 23.1. The van der Waals surface area contributed by atoms with Gasteiger partial charge in [0.25, 0.3) is 0 Å². The minimum absolute atomic E-state index is 0.00323. The second-order valence-corrected chi connectivity index (χ2v) is 6.82. The highest BCUT2D eigenvalue weighted by Gasteiger charge is 2.32. The predicted octanol–water partition coefficient (Wildman–Crippen LogP) is 2.73. The average molecular weight is 311 g/mol. The summed E-state index contributed by atoms with van der Waals surface area (Å²) in [6.45, 7) is 0. The lowest BCUT2D eigenvalue weighted by molar-refractivity contribution is -0.137. The molecule has 2 unspecified atom stereocenters. The quantitative estimate of drug-likeness (QED) is 0.791. The maximum absolute atomic E-state index is 12.5. The van der Waals surface area contributed by atoms with E-state index in [1.807, 2.05) is 0 Å². The van der Waals surface area contributed by atoms with Crippen molar-refractivity contribution in [1.29, 1.82) is 0 Å². The number of carbonyl (C=O) groups excluding carboxylic acids is 1. The Morgan fingerprint density at radius 3 is 2.41 bits per heavy atom. The van der Waals surface area contributed by atoms with Crippen LogP contribution in [0.2, 0.25) is 0 Å². The monoisotopic (exact) mass is 311 g/mol. The molecule has 1 amide bonds. The lowest BCUT2D eigenvalue weighted by Crippen LogP contribution is -2.45. The van der Waals surface area contributed by atoms with E-state index in [-0.39, 0.29) is 30.4 Å². The Kier molecular flexibility index (Phi) is 6.68. The van der Waals surface area contributed by atoms with Crippen molar-refractivity contribution in [3.63, 3.8) is 0 Å². The Morgan fingerprint density at radius 2 is 1.77 bits per heavy atom. The minimum atomic E-state index is -0.710. The number of rotatable bonds is 6. The van der Waals surface area contributed by atoms with Gasteiger partial charge in [0.15, 0.2) is 0 Å². The summed E-state index contributed by atoms with van der Waals surface area (Å²) in [5.41, 5.74) is 0. The van der Waals surface area contributed by atoms with Gasteiger partial charge >= 0.3 is 5.97 Å². The third kappa shape index (κ3) is 4.97. The molecule has 126 valence electrons. The number of carboxylic acids is 1. The molecule has 0 aromatic heterocycles. The van der Waals surface area contributed by atoms with Crippen LogP contribution in [0.1, 0.15) is 64.2 Å². The van der Waals surface area contributed by atoms with Crippen LogP contribution in [0, 0.1) is 11.8 Å². The summed E-state index contributed by atoms with van der Waals surface area (Å²) in [5.74, 6) is -0.0481. The minimum Gasteiger partial charge on any atom is -0.481 e. The molecule has 0 radical (unpaired) electrons. The van der Waals surface area contributed by atoms with Gasteiger partial charge < -0.3 is 15.2 Å². The number of carboxylic acid groups (broad SMARTS) is 1. The topological polar surface area (TPSA) is 75.6 Å². The standard InChI is InChI=1S/C17H29NO4/c1-22-15-5-3-2-4-14(15)17(21)18-13-9-6-12(7-10-13)8-11-16(19)20/h12-15H,2-11H2,1H3,(H,18,21)(H,19,20). The highest BCUT2D eigenvalue weighted by Crippen LogP contribution is 2.30. The van der Waals surface area contributed by atoms with Crippen molar-refractivity contribution in [1.82, 2.24) is 5.32 Å². The van der Waals surface area contributed by atoms with Gasteiger partial charge in [0.1, 0.15) is 0 Å². The van der Waals surface area contributed by atoms with Gasteiger partial charge in [-0.2, -0.15) is 0 Å². The number of carbonyl (C=O) groups is 2. The first-order chi connectivity index (χ1) is 10.6. The van der Waals surface area contributed by atoms with Gasteiger partial charge in [-0.05, 0) is 50.9 Å². The Hall–Kier alpha value is -1.10. The first-order valence-corrected chi connectivity index (χ1v) is 8.65. The molecule has 2 saturated carbocycles. The largest absolute Gasteiger partial charge is 0.481 e. The van der Waals surface area contributed by atoms with E-state index in [1.54, 1.807) is 7.11 Å². The van der Waals surface area contributed by atoms with E-state index in [2.05, 4.69) is 5.32 Å². The third-order valence-corrected chi connectivity index (χ3v) is 5.30. The summed E-state index contributed by atoms with van der Waals surface area (Å²) in [7, 11) is 1.70. The van der Waals surface area contributed by atoms with Crippen LogP contribution >= 0.6 is 0 Å². The van der Waals surface area contributed by atoms with Gasteiger partial charge in [0, 0.05) is 19.6 Å². The van der Waals surface area contributed by atoms with Crippen molar-refractivity contribution >= 4 is 11.9 Å². The zero-order chi connectivity index (χ0) is 15.9. The first-order valence-electron chi connectivity index (χ1n) is 8.65. The van der Waals surface area contributed by atoms with E-state index in [9.17, 15) is 9.59 Å². The second-order valence-electron chi connectivity index (χ2n) is 6.82. The van der Waals surface area contributed by atoms with Gasteiger partial charge in [-0.15, -0.1) is 0 Å². The number of nitrogens with one attached hydrogen (secondary N) is 1. The normalized spacial score (nSPS) is 32.4. The van der Waals surface area contributed by atoms with Crippen LogP contribution in [0.3, 0.4) is 0 Å². The molecule has 22 heavy (non-hydrogen) atoms. The maximum Gasteiger partial charge on any atom is 0.303 e. The van der Waals surface area contributed by atoms with Crippen LogP contribution in [0.15, 0.2) is 0 Å². The van der Waals surface area contributed by atoms with Crippen molar-refractivity contribution in [3.8, 4) is 0 Å². The Labute approximate surface area is 132 Å². The van der Waals surface area contributed by atoms with E-state index in [0.717, 1.165) is 57.8 Å². The fourth-order valence-electron chi connectivity index (χ4n) is 3.91. The predicted molar refractivity (Wildman–Crippen MR) is 83.5 cm³/mol. The van der Waals surface area contributed by atoms with Crippen molar-refractivity contribution in [3.05, 3.63) is 0 Å². The van der Waals surface area contributed by atoms with E-state index < -0.39 is 5.97 Å². The molecule has 0 heterocycles. The van der Waals surface area contributed by atoms with Crippen LogP contribution in [0.4, 0.5) is 0 Å². The molecular weight excluding hydrogens is 282 g/mol. The third-order valence-electron chi connectivity index (χ3n) is 5.30. The highest BCUT2D eigenvalue weighted by molar-refractivity contribution is 5.79. The van der Waals surface area contributed by atoms with Gasteiger partial charge in [0.05, 0.1) is 12.0 Å². The molecule has 2 N–H and O–H groups in total. The highest BCUT2D eigenvalue weighted by atomic mass is 16.5. The molecule has 2 aliphatic rings. The summed E-state index contributed by atoms with van der Waals surface area (Å²) >= 11 is 0. The zero-order valence-electron chi connectivity index (χ0n) is 13.6. The molecule has 0 saturated heterocycles. The smallest absolute Gasteiger partial charge is 0.303 e. The molecular formula is C17H29NO4. The molecule has 2 rings (SSSR count).